The van der Waals surface area contributed by atoms with Gasteiger partial charge in [0.1, 0.15) is 12.2 Å². The van der Waals surface area contributed by atoms with Crippen molar-refractivity contribution < 1.29 is 16.8 Å². The molecule has 0 spiro atoms. The largest absolute Gasteiger partial charge is 0.401 e. The third-order valence-electron chi connectivity index (χ3n) is 2.97. The molecule has 0 N–H and O–H groups in total. The summed E-state index contributed by atoms with van der Waals surface area (Å²) in [5, 5.41) is 0. The highest BCUT2D eigenvalue weighted by Gasteiger charge is 2.41. The van der Waals surface area contributed by atoms with Crippen molar-refractivity contribution in [2.75, 3.05) is 0 Å². The maximum absolute atomic E-state index is 11.6. The second kappa shape index (κ2) is 4.77. The quantitative estimate of drug-likeness (QED) is 0.846. The second-order valence-electron chi connectivity index (χ2n) is 4.26. The molecule has 4 nitrogen and oxygen atoms in total. The maximum atomic E-state index is 11.6. The molecule has 0 saturated carbocycles. The van der Waals surface area contributed by atoms with E-state index in [-0.39, 0.29) is 0 Å². The molecule has 1 fully saturated rings. The summed E-state index contributed by atoms with van der Waals surface area (Å²) < 4.78 is 33.2. The average Bonchev–Trinajstić information content (AvgIpc) is 2.77. The average molecular weight is 276 g/mol. The summed E-state index contributed by atoms with van der Waals surface area (Å²) in [4.78, 5) is 0. The predicted octanol–water partition coefficient (Wildman–Crippen LogP) is 2.76. The molecule has 0 unspecified atom stereocenters. The Morgan fingerprint density at radius 2 is 1.05 bits per heavy atom. The summed E-state index contributed by atoms with van der Waals surface area (Å²) >= 11 is 0. The Balaban J connectivity index is 2.02. The van der Waals surface area contributed by atoms with Crippen molar-refractivity contribution in [2.45, 2.75) is 12.2 Å². The van der Waals surface area contributed by atoms with E-state index in [9.17, 15) is 8.42 Å². The van der Waals surface area contributed by atoms with Crippen molar-refractivity contribution in [1.29, 1.82) is 0 Å². The molecule has 0 amide bonds. The molecule has 1 aliphatic heterocycles. The Kier molecular flexibility index (Phi) is 3.10. The van der Waals surface area contributed by atoms with Gasteiger partial charge in [-0.25, -0.2) is 8.37 Å². The van der Waals surface area contributed by atoms with Crippen molar-refractivity contribution in [3.05, 3.63) is 71.8 Å². The Hall–Kier alpha value is -1.69. The van der Waals surface area contributed by atoms with Crippen LogP contribution in [-0.2, 0) is 18.8 Å². The van der Waals surface area contributed by atoms with Crippen LogP contribution in [0.15, 0.2) is 60.7 Å². The van der Waals surface area contributed by atoms with Crippen molar-refractivity contribution in [3.8, 4) is 0 Å². The van der Waals surface area contributed by atoms with Gasteiger partial charge >= 0.3 is 10.4 Å². The van der Waals surface area contributed by atoms with Crippen LogP contribution in [0.1, 0.15) is 23.3 Å². The molecule has 0 bridgehead atoms. The standard InChI is InChI=1S/C14H12O4S/c15-19(16)17-13(11-7-3-1-4-8-11)14(18-19)12-9-5-2-6-10-12/h1-10,13-14H/t13-,14-/m1/s1. The molecular formula is C14H12O4S. The first kappa shape index (κ1) is 12.3. The smallest absolute Gasteiger partial charge is 0.237 e. The van der Waals surface area contributed by atoms with Crippen molar-refractivity contribution in [2.24, 2.45) is 0 Å². The highest BCUT2D eigenvalue weighted by molar-refractivity contribution is 7.82. The van der Waals surface area contributed by atoms with Gasteiger partial charge in [0, 0.05) is 0 Å². The summed E-state index contributed by atoms with van der Waals surface area (Å²) in [7, 11) is -3.94. The van der Waals surface area contributed by atoms with E-state index in [1.807, 2.05) is 60.7 Å². The van der Waals surface area contributed by atoms with E-state index in [2.05, 4.69) is 0 Å². The van der Waals surface area contributed by atoms with Crippen LogP contribution in [-0.4, -0.2) is 8.42 Å². The normalized spacial score (nSPS) is 25.3. The molecule has 0 radical (unpaired) electrons. The van der Waals surface area contributed by atoms with Gasteiger partial charge in [-0.1, -0.05) is 60.7 Å². The number of benzene rings is 2. The molecule has 1 aliphatic rings. The van der Waals surface area contributed by atoms with Crippen molar-refractivity contribution in [3.63, 3.8) is 0 Å². The van der Waals surface area contributed by atoms with Crippen LogP contribution >= 0.6 is 0 Å². The van der Waals surface area contributed by atoms with E-state index >= 15 is 0 Å². The lowest BCUT2D eigenvalue weighted by Crippen LogP contribution is -2.06. The van der Waals surface area contributed by atoms with Crippen LogP contribution in [0.5, 0.6) is 0 Å². The number of rotatable bonds is 2. The van der Waals surface area contributed by atoms with Crippen molar-refractivity contribution in [1.82, 2.24) is 0 Å². The predicted molar refractivity (Wildman–Crippen MR) is 69.5 cm³/mol. The van der Waals surface area contributed by atoms with Crippen LogP contribution in [0, 0.1) is 0 Å². The Labute approximate surface area is 111 Å². The summed E-state index contributed by atoms with van der Waals surface area (Å²) in [6.45, 7) is 0. The van der Waals surface area contributed by atoms with Crippen LogP contribution in [0.25, 0.3) is 0 Å². The van der Waals surface area contributed by atoms with E-state index in [0.29, 0.717) is 0 Å². The lowest BCUT2D eigenvalue weighted by atomic mass is 9.99. The minimum Gasteiger partial charge on any atom is -0.237 e. The molecular weight excluding hydrogens is 264 g/mol. The second-order valence-corrected chi connectivity index (χ2v) is 5.46. The summed E-state index contributed by atoms with van der Waals surface area (Å²) in [5.41, 5.74) is 1.55. The van der Waals surface area contributed by atoms with Gasteiger partial charge in [0.15, 0.2) is 0 Å². The lowest BCUT2D eigenvalue weighted by Gasteiger charge is -2.15. The highest BCUT2D eigenvalue weighted by atomic mass is 32.3. The first-order chi connectivity index (χ1) is 9.16. The van der Waals surface area contributed by atoms with Crippen LogP contribution in [0.2, 0.25) is 0 Å². The Morgan fingerprint density at radius 1 is 0.684 bits per heavy atom. The first-order valence-corrected chi connectivity index (χ1v) is 7.20. The van der Waals surface area contributed by atoms with Gasteiger partial charge < -0.3 is 0 Å². The molecule has 2 atom stereocenters. The molecule has 2 aromatic rings. The number of hydrogen-bond acceptors (Lipinski definition) is 4. The topological polar surface area (TPSA) is 52.6 Å². The monoisotopic (exact) mass is 276 g/mol. The Morgan fingerprint density at radius 3 is 1.42 bits per heavy atom. The lowest BCUT2D eigenvalue weighted by molar-refractivity contribution is 0.159. The molecule has 5 heteroatoms. The fourth-order valence-electron chi connectivity index (χ4n) is 2.12. The third kappa shape index (κ3) is 2.53. The van der Waals surface area contributed by atoms with Gasteiger partial charge in [0.05, 0.1) is 0 Å². The zero-order chi connectivity index (χ0) is 13.3. The molecule has 19 heavy (non-hydrogen) atoms. The van der Waals surface area contributed by atoms with Gasteiger partial charge in [-0.05, 0) is 11.1 Å². The molecule has 98 valence electrons. The van der Waals surface area contributed by atoms with Gasteiger partial charge in [-0.15, -0.1) is 0 Å². The summed E-state index contributed by atoms with van der Waals surface area (Å²) in [5.74, 6) is 0. The van der Waals surface area contributed by atoms with Crippen LogP contribution in [0.4, 0.5) is 0 Å². The maximum Gasteiger partial charge on any atom is 0.401 e. The van der Waals surface area contributed by atoms with E-state index in [1.54, 1.807) is 0 Å². The van der Waals surface area contributed by atoms with Gasteiger partial charge in [0.2, 0.25) is 0 Å². The molecule has 1 saturated heterocycles. The molecule has 0 aliphatic carbocycles. The van der Waals surface area contributed by atoms with E-state index < -0.39 is 22.6 Å². The van der Waals surface area contributed by atoms with Gasteiger partial charge in [0.25, 0.3) is 0 Å². The molecule has 1 heterocycles. The molecule has 0 aromatic heterocycles. The van der Waals surface area contributed by atoms with E-state index in [1.165, 1.54) is 0 Å². The molecule has 3 rings (SSSR count). The van der Waals surface area contributed by atoms with E-state index in [0.717, 1.165) is 11.1 Å². The van der Waals surface area contributed by atoms with Crippen molar-refractivity contribution >= 4 is 10.4 Å². The summed E-state index contributed by atoms with van der Waals surface area (Å²) in [6, 6.07) is 18.4. The minimum atomic E-state index is -3.94. The van der Waals surface area contributed by atoms with Crippen LogP contribution in [0.3, 0.4) is 0 Å². The molecule has 2 aromatic carbocycles. The zero-order valence-corrected chi connectivity index (χ0v) is 10.8. The first-order valence-electron chi connectivity index (χ1n) is 5.87. The minimum absolute atomic E-state index is 0.645. The van der Waals surface area contributed by atoms with E-state index in [4.69, 9.17) is 8.37 Å². The summed E-state index contributed by atoms with van der Waals surface area (Å²) in [6.07, 6.45) is -1.29. The Bertz CT molecular complexity index is 599. The highest BCUT2D eigenvalue weighted by Crippen LogP contribution is 2.43. The fraction of sp³-hybridized carbons (Fsp3) is 0.143. The van der Waals surface area contributed by atoms with Gasteiger partial charge in [-0.2, -0.15) is 8.42 Å². The third-order valence-corrected chi connectivity index (χ3v) is 3.86. The SMILES string of the molecule is O=S1(=O)O[C@H](c2ccccc2)[C@@H](c2ccccc2)O1. The van der Waals surface area contributed by atoms with Gasteiger partial charge in [-0.3, -0.25) is 0 Å². The van der Waals surface area contributed by atoms with Crippen LogP contribution < -0.4 is 0 Å². The fourth-order valence-corrected chi connectivity index (χ4v) is 3.10. The number of hydrogen-bond donors (Lipinski definition) is 0. The zero-order valence-electron chi connectivity index (χ0n) is 9.97.